The van der Waals surface area contributed by atoms with Gasteiger partial charge in [0.1, 0.15) is 0 Å². The molecule has 0 bridgehead atoms. The monoisotopic (exact) mass is 175 g/mol. The first-order chi connectivity index (χ1) is 5.70. The van der Waals surface area contributed by atoms with Crippen LogP contribution in [0.1, 0.15) is 32.6 Å². The molecule has 1 radical (unpaired) electrons. The average Bonchev–Trinajstić information content (AvgIpc) is 2.01. The van der Waals surface area contributed by atoms with Gasteiger partial charge in [-0.05, 0) is 12.8 Å². The number of aliphatic hydroxyl groups excluding tert-OH is 3. The van der Waals surface area contributed by atoms with Crippen molar-refractivity contribution in [2.75, 3.05) is 6.61 Å². The molecule has 0 amide bonds. The molecule has 0 saturated carbocycles. The maximum absolute atomic E-state index is 9.32. The predicted molar refractivity (Wildman–Crippen MR) is 47.5 cm³/mol. The van der Waals surface area contributed by atoms with Gasteiger partial charge in [0, 0.05) is 13.0 Å². The summed E-state index contributed by atoms with van der Waals surface area (Å²) in [5.74, 6) is 0. The SMILES string of the molecule is CCCCC(O)CC(O)[CH]CO. The van der Waals surface area contributed by atoms with Crippen LogP contribution in [0.25, 0.3) is 0 Å². The zero-order chi connectivity index (χ0) is 9.40. The lowest BCUT2D eigenvalue weighted by molar-refractivity contribution is 0.0835. The van der Waals surface area contributed by atoms with Crippen LogP contribution in [0.5, 0.6) is 0 Å². The molecule has 0 spiro atoms. The van der Waals surface area contributed by atoms with E-state index in [9.17, 15) is 5.11 Å². The second-order valence-electron chi connectivity index (χ2n) is 3.02. The third-order valence-corrected chi connectivity index (χ3v) is 1.78. The minimum atomic E-state index is -0.679. The molecular weight excluding hydrogens is 156 g/mol. The highest BCUT2D eigenvalue weighted by atomic mass is 16.3. The van der Waals surface area contributed by atoms with E-state index in [1.165, 1.54) is 6.42 Å². The first-order valence-electron chi connectivity index (χ1n) is 4.51. The number of hydrogen-bond donors (Lipinski definition) is 3. The molecular formula is C9H19O3. The molecule has 2 unspecified atom stereocenters. The highest BCUT2D eigenvalue weighted by Gasteiger charge is 2.10. The maximum atomic E-state index is 9.32. The fourth-order valence-electron chi connectivity index (χ4n) is 1.05. The molecule has 3 N–H and O–H groups in total. The number of hydrogen-bond acceptors (Lipinski definition) is 3. The van der Waals surface area contributed by atoms with E-state index in [1.807, 2.05) is 0 Å². The minimum Gasteiger partial charge on any atom is -0.396 e. The maximum Gasteiger partial charge on any atom is 0.0619 e. The molecule has 3 nitrogen and oxygen atoms in total. The largest absolute Gasteiger partial charge is 0.396 e. The standard InChI is InChI=1S/C9H19O3/c1-2-3-4-8(11)7-9(12)5-6-10/h5,8-12H,2-4,6-7H2,1H3. The summed E-state index contributed by atoms with van der Waals surface area (Å²) in [6, 6.07) is 0. The van der Waals surface area contributed by atoms with Crippen LogP contribution in [-0.2, 0) is 0 Å². The molecule has 73 valence electrons. The lowest BCUT2D eigenvalue weighted by Gasteiger charge is -2.13. The third kappa shape index (κ3) is 6.58. The summed E-state index contributed by atoms with van der Waals surface area (Å²) in [6.07, 6.45) is 3.36. The van der Waals surface area contributed by atoms with Gasteiger partial charge in [-0.25, -0.2) is 0 Å². The Morgan fingerprint density at radius 1 is 1.33 bits per heavy atom. The fraction of sp³-hybridized carbons (Fsp3) is 0.889. The molecule has 0 aliphatic heterocycles. The molecule has 3 heteroatoms. The Kier molecular flexibility index (Phi) is 7.45. The van der Waals surface area contributed by atoms with Gasteiger partial charge in [-0.15, -0.1) is 0 Å². The highest BCUT2D eigenvalue weighted by Crippen LogP contribution is 2.08. The summed E-state index contributed by atoms with van der Waals surface area (Å²) in [5.41, 5.74) is 0. The second-order valence-corrected chi connectivity index (χ2v) is 3.02. The van der Waals surface area contributed by atoms with Gasteiger partial charge in [-0.3, -0.25) is 0 Å². The Labute approximate surface area is 74.0 Å². The number of rotatable bonds is 7. The third-order valence-electron chi connectivity index (χ3n) is 1.78. The van der Waals surface area contributed by atoms with Crippen molar-refractivity contribution in [1.82, 2.24) is 0 Å². The van der Waals surface area contributed by atoms with Crippen molar-refractivity contribution in [3.05, 3.63) is 6.42 Å². The van der Waals surface area contributed by atoms with Crippen LogP contribution in [0.15, 0.2) is 0 Å². The Morgan fingerprint density at radius 2 is 2.00 bits per heavy atom. The molecule has 0 aliphatic rings. The molecule has 0 aromatic heterocycles. The van der Waals surface area contributed by atoms with E-state index in [0.29, 0.717) is 6.42 Å². The molecule has 0 aromatic rings. The van der Waals surface area contributed by atoms with E-state index < -0.39 is 12.2 Å². The number of unbranched alkanes of at least 4 members (excludes halogenated alkanes) is 1. The van der Waals surface area contributed by atoms with Crippen LogP contribution >= 0.6 is 0 Å². The Bertz CT molecular complexity index is 95.8. The summed E-state index contributed by atoms with van der Waals surface area (Å²) < 4.78 is 0. The highest BCUT2D eigenvalue weighted by molar-refractivity contribution is 4.76. The van der Waals surface area contributed by atoms with Gasteiger partial charge >= 0.3 is 0 Å². The first kappa shape index (κ1) is 11.9. The first-order valence-corrected chi connectivity index (χ1v) is 4.51. The summed E-state index contributed by atoms with van der Waals surface area (Å²) in [6.45, 7) is 1.92. The van der Waals surface area contributed by atoms with Crippen LogP contribution < -0.4 is 0 Å². The van der Waals surface area contributed by atoms with Crippen LogP contribution in [0.4, 0.5) is 0 Å². The van der Waals surface area contributed by atoms with Gasteiger partial charge in [0.2, 0.25) is 0 Å². The van der Waals surface area contributed by atoms with E-state index in [4.69, 9.17) is 10.2 Å². The number of aliphatic hydroxyl groups is 3. The Morgan fingerprint density at radius 3 is 2.50 bits per heavy atom. The van der Waals surface area contributed by atoms with Crippen molar-refractivity contribution in [2.45, 2.75) is 44.8 Å². The molecule has 0 heterocycles. The van der Waals surface area contributed by atoms with Crippen molar-refractivity contribution in [2.24, 2.45) is 0 Å². The predicted octanol–water partition coefficient (Wildman–Crippen LogP) is 0.485. The molecule has 12 heavy (non-hydrogen) atoms. The van der Waals surface area contributed by atoms with E-state index >= 15 is 0 Å². The Hall–Kier alpha value is -0.120. The van der Waals surface area contributed by atoms with E-state index in [1.54, 1.807) is 0 Å². The molecule has 0 rings (SSSR count). The van der Waals surface area contributed by atoms with E-state index in [-0.39, 0.29) is 6.61 Å². The van der Waals surface area contributed by atoms with Crippen LogP contribution in [-0.4, -0.2) is 34.1 Å². The lowest BCUT2D eigenvalue weighted by Crippen LogP contribution is -2.19. The van der Waals surface area contributed by atoms with Gasteiger partial charge in [-0.1, -0.05) is 19.8 Å². The van der Waals surface area contributed by atoms with E-state index in [2.05, 4.69) is 6.92 Å². The average molecular weight is 175 g/mol. The van der Waals surface area contributed by atoms with Crippen molar-refractivity contribution in [3.63, 3.8) is 0 Å². The lowest BCUT2D eigenvalue weighted by atomic mass is 10.0. The van der Waals surface area contributed by atoms with Crippen LogP contribution in [0.2, 0.25) is 0 Å². The van der Waals surface area contributed by atoms with Crippen molar-refractivity contribution < 1.29 is 15.3 Å². The quantitative estimate of drug-likeness (QED) is 0.527. The minimum absolute atomic E-state index is 0.137. The molecule has 0 aliphatic carbocycles. The summed E-state index contributed by atoms with van der Waals surface area (Å²) >= 11 is 0. The molecule has 0 saturated heterocycles. The van der Waals surface area contributed by atoms with Gasteiger partial charge in [-0.2, -0.15) is 0 Å². The topological polar surface area (TPSA) is 60.7 Å². The van der Waals surface area contributed by atoms with Crippen molar-refractivity contribution in [1.29, 1.82) is 0 Å². The zero-order valence-corrected chi connectivity index (χ0v) is 7.61. The van der Waals surface area contributed by atoms with Gasteiger partial charge in [0.25, 0.3) is 0 Å². The van der Waals surface area contributed by atoms with Crippen LogP contribution in [0, 0.1) is 6.42 Å². The Balaban J connectivity index is 3.33. The summed E-state index contributed by atoms with van der Waals surface area (Å²) in [7, 11) is 0. The smallest absolute Gasteiger partial charge is 0.0619 e. The molecule has 2 atom stereocenters. The summed E-state index contributed by atoms with van der Waals surface area (Å²) in [5, 5.41) is 26.9. The van der Waals surface area contributed by atoms with Gasteiger partial charge in [0.15, 0.2) is 0 Å². The molecule has 0 fully saturated rings. The van der Waals surface area contributed by atoms with Crippen LogP contribution in [0.3, 0.4) is 0 Å². The fourth-order valence-corrected chi connectivity index (χ4v) is 1.05. The molecule has 0 aromatic carbocycles. The zero-order valence-electron chi connectivity index (χ0n) is 7.61. The van der Waals surface area contributed by atoms with Gasteiger partial charge in [0.05, 0.1) is 12.2 Å². The van der Waals surface area contributed by atoms with E-state index in [0.717, 1.165) is 19.3 Å². The van der Waals surface area contributed by atoms with Gasteiger partial charge < -0.3 is 15.3 Å². The van der Waals surface area contributed by atoms with Crippen molar-refractivity contribution in [3.8, 4) is 0 Å². The van der Waals surface area contributed by atoms with Crippen molar-refractivity contribution >= 4 is 0 Å². The second kappa shape index (κ2) is 7.53. The normalized spacial score (nSPS) is 16.0. The summed E-state index contributed by atoms with van der Waals surface area (Å²) in [4.78, 5) is 0.